The molecule has 0 atom stereocenters. The van der Waals surface area contributed by atoms with Gasteiger partial charge in [0, 0.05) is 39.8 Å². The quantitative estimate of drug-likeness (QED) is 0.118. The lowest BCUT2D eigenvalue weighted by molar-refractivity contribution is -0.901. The first kappa shape index (κ1) is 16.8. The van der Waals surface area contributed by atoms with E-state index in [1.54, 1.807) is 0 Å². The van der Waals surface area contributed by atoms with Gasteiger partial charge in [-0.25, -0.2) is 4.79 Å². The van der Waals surface area contributed by atoms with Gasteiger partial charge in [0.05, 0.1) is 11.3 Å². The predicted octanol–water partition coefficient (Wildman–Crippen LogP) is -0.447. The standard InChI is InChI=1S/C10H10INO7S/c11-8-3-2-7(9(13)10(14)15)6-12(8)19-4-1-5-20(16,17)18/h2-3,6H,1,4-5H2,(H-,14,15,16,17,18)/p+1. The van der Waals surface area contributed by atoms with E-state index in [1.165, 1.54) is 23.1 Å². The number of carbonyl (C=O) groups excluding carboxylic acids is 1. The molecule has 0 aliphatic rings. The van der Waals surface area contributed by atoms with Crippen LogP contribution in [0.4, 0.5) is 0 Å². The number of aliphatic carboxylic acids is 1. The van der Waals surface area contributed by atoms with Gasteiger partial charge >= 0.3 is 5.97 Å². The molecule has 1 aromatic rings. The van der Waals surface area contributed by atoms with E-state index in [4.69, 9.17) is 14.5 Å². The summed E-state index contributed by atoms with van der Waals surface area (Å²) in [5.74, 6) is -3.10. The second-order valence-electron chi connectivity index (χ2n) is 3.67. The van der Waals surface area contributed by atoms with Crippen molar-refractivity contribution in [3.63, 3.8) is 0 Å². The number of carboxylic acid groups (broad SMARTS) is 1. The smallest absolute Gasteiger partial charge is 0.377 e. The van der Waals surface area contributed by atoms with E-state index in [9.17, 15) is 18.0 Å². The van der Waals surface area contributed by atoms with E-state index < -0.39 is 27.6 Å². The molecule has 0 saturated heterocycles. The van der Waals surface area contributed by atoms with Crippen LogP contribution in [0.3, 0.4) is 0 Å². The van der Waals surface area contributed by atoms with E-state index in [-0.39, 0.29) is 18.6 Å². The fourth-order valence-electron chi connectivity index (χ4n) is 1.22. The summed E-state index contributed by atoms with van der Waals surface area (Å²) >= 11 is 1.90. The van der Waals surface area contributed by atoms with Gasteiger partial charge in [0.15, 0.2) is 6.61 Å². The Bertz CT molecular complexity index is 628. The molecule has 0 unspecified atom stereocenters. The Morgan fingerprint density at radius 2 is 2.00 bits per heavy atom. The van der Waals surface area contributed by atoms with Crippen LogP contribution in [-0.2, 0) is 14.9 Å². The number of ketones is 1. The molecule has 2 N–H and O–H groups in total. The summed E-state index contributed by atoms with van der Waals surface area (Å²) in [5.41, 5.74) is -0.0623. The van der Waals surface area contributed by atoms with Crippen LogP contribution in [0.25, 0.3) is 0 Å². The second-order valence-corrected chi connectivity index (χ2v) is 6.35. The first-order valence-corrected chi connectivity index (χ1v) is 7.97. The summed E-state index contributed by atoms with van der Waals surface area (Å²) in [6.45, 7) is -0.0226. The van der Waals surface area contributed by atoms with Gasteiger partial charge in [-0.05, 0) is 6.07 Å². The maximum Gasteiger partial charge on any atom is 0.377 e. The van der Waals surface area contributed by atoms with Gasteiger partial charge in [-0.3, -0.25) is 14.2 Å². The van der Waals surface area contributed by atoms with E-state index in [0.717, 1.165) is 0 Å². The Morgan fingerprint density at radius 1 is 1.35 bits per heavy atom. The minimum Gasteiger partial charge on any atom is -0.475 e. The van der Waals surface area contributed by atoms with Crippen molar-refractivity contribution in [2.45, 2.75) is 6.42 Å². The second kappa shape index (κ2) is 6.95. The maximum atomic E-state index is 11.3. The normalized spacial score (nSPS) is 11.1. The third-order valence-corrected chi connectivity index (χ3v) is 3.74. The van der Waals surface area contributed by atoms with Crippen LogP contribution in [0.15, 0.2) is 18.3 Å². The van der Waals surface area contributed by atoms with E-state index in [0.29, 0.717) is 3.70 Å². The molecular weight excluding hydrogens is 405 g/mol. The SMILES string of the molecule is O=C(O)C(=O)c1ccc(I)[n+](OCCCS(=O)(=O)O)c1. The van der Waals surface area contributed by atoms with Crippen LogP contribution >= 0.6 is 22.6 Å². The van der Waals surface area contributed by atoms with Crippen molar-refractivity contribution in [1.82, 2.24) is 0 Å². The van der Waals surface area contributed by atoms with Gasteiger partial charge in [0.2, 0.25) is 6.20 Å². The van der Waals surface area contributed by atoms with Crippen LogP contribution in [0.1, 0.15) is 16.8 Å². The Hall–Kier alpha value is -1.27. The van der Waals surface area contributed by atoms with Crippen LogP contribution in [0.2, 0.25) is 0 Å². The molecule has 0 amide bonds. The average molecular weight is 416 g/mol. The molecule has 0 saturated carbocycles. The molecule has 0 fully saturated rings. The number of hydrogen-bond acceptors (Lipinski definition) is 5. The molecule has 20 heavy (non-hydrogen) atoms. The average Bonchev–Trinajstić information content (AvgIpc) is 2.34. The highest BCUT2D eigenvalue weighted by atomic mass is 127. The largest absolute Gasteiger partial charge is 0.475 e. The van der Waals surface area contributed by atoms with Crippen molar-refractivity contribution < 1.29 is 37.2 Å². The highest BCUT2D eigenvalue weighted by molar-refractivity contribution is 14.1. The lowest BCUT2D eigenvalue weighted by Gasteiger charge is -2.01. The van der Waals surface area contributed by atoms with Crippen molar-refractivity contribution in [2.75, 3.05) is 12.4 Å². The number of aromatic nitrogens is 1. The number of pyridine rings is 1. The van der Waals surface area contributed by atoms with Crippen molar-refractivity contribution in [3.05, 3.63) is 27.6 Å². The van der Waals surface area contributed by atoms with Crippen molar-refractivity contribution in [2.24, 2.45) is 0 Å². The molecule has 0 radical (unpaired) electrons. The molecule has 1 rings (SSSR count). The van der Waals surface area contributed by atoms with Gasteiger partial charge in [0.25, 0.3) is 19.6 Å². The summed E-state index contributed by atoms with van der Waals surface area (Å²) < 4.78 is 31.3. The van der Waals surface area contributed by atoms with Crippen LogP contribution in [0, 0.1) is 3.70 Å². The number of carboxylic acids is 1. The highest BCUT2D eigenvalue weighted by Gasteiger charge is 2.21. The summed E-state index contributed by atoms with van der Waals surface area (Å²) in [5, 5.41) is 8.60. The monoisotopic (exact) mass is 416 g/mol. The van der Waals surface area contributed by atoms with Crippen LogP contribution < -0.4 is 9.57 Å². The van der Waals surface area contributed by atoms with Gasteiger partial charge in [-0.15, -0.1) is 0 Å². The number of Topliss-reactive ketones (excluding diaryl/α,β-unsaturated/α-hetero) is 1. The van der Waals surface area contributed by atoms with Gasteiger partial charge < -0.3 is 5.11 Å². The first-order chi connectivity index (χ1) is 9.20. The number of halogens is 1. The Labute approximate surface area is 128 Å². The Morgan fingerprint density at radius 3 is 2.55 bits per heavy atom. The minimum absolute atomic E-state index is 0.0226. The van der Waals surface area contributed by atoms with E-state index in [1.807, 2.05) is 22.6 Å². The fraction of sp³-hybridized carbons (Fsp3) is 0.300. The number of carbonyl (C=O) groups is 2. The van der Waals surface area contributed by atoms with Crippen LogP contribution in [0.5, 0.6) is 0 Å². The van der Waals surface area contributed by atoms with Crippen molar-refractivity contribution in [3.8, 4) is 0 Å². The lowest BCUT2D eigenvalue weighted by atomic mass is 10.2. The Balaban J connectivity index is 2.72. The molecule has 1 heterocycles. The highest BCUT2D eigenvalue weighted by Crippen LogP contribution is 2.02. The lowest BCUT2D eigenvalue weighted by Crippen LogP contribution is -2.47. The predicted molar refractivity (Wildman–Crippen MR) is 73.8 cm³/mol. The molecule has 0 aliphatic carbocycles. The number of hydrogen-bond donors (Lipinski definition) is 2. The van der Waals surface area contributed by atoms with Crippen LogP contribution in [-0.4, -0.2) is 42.2 Å². The fourth-order valence-corrected chi connectivity index (χ4v) is 2.16. The molecule has 0 aliphatic heterocycles. The summed E-state index contributed by atoms with van der Waals surface area (Å²) in [7, 11) is -4.04. The zero-order valence-electron chi connectivity index (χ0n) is 10.0. The zero-order chi connectivity index (χ0) is 15.3. The summed E-state index contributed by atoms with van der Waals surface area (Å²) in [4.78, 5) is 27.0. The molecule has 0 aromatic carbocycles. The topological polar surface area (TPSA) is 122 Å². The molecule has 1 aromatic heterocycles. The molecule has 0 bridgehead atoms. The van der Waals surface area contributed by atoms with E-state index in [2.05, 4.69) is 0 Å². The number of rotatable bonds is 7. The maximum absolute atomic E-state index is 11.3. The van der Waals surface area contributed by atoms with Crippen molar-refractivity contribution >= 4 is 44.5 Å². The summed E-state index contributed by atoms with van der Waals surface area (Å²) in [6, 6.07) is 2.83. The van der Waals surface area contributed by atoms with Crippen molar-refractivity contribution in [1.29, 1.82) is 0 Å². The Kier molecular flexibility index (Phi) is 5.83. The zero-order valence-corrected chi connectivity index (χ0v) is 13.0. The van der Waals surface area contributed by atoms with E-state index >= 15 is 0 Å². The molecule has 8 nitrogen and oxygen atoms in total. The molecule has 0 spiro atoms. The molecule has 10 heteroatoms. The van der Waals surface area contributed by atoms with Gasteiger partial charge in [-0.2, -0.15) is 8.42 Å². The molecule has 110 valence electrons. The third kappa shape index (κ3) is 5.38. The number of nitrogens with zero attached hydrogens (tertiary/aromatic N) is 1. The minimum atomic E-state index is -4.04. The first-order valence-electron chi connectivity index (χ1n) is 5.28. The molecular formula is C10H11INO7S+. The van der Waals surface area contributed by atoms with Gasteiger partial charge in [-0.1, -0.05) is 0 Å². The summed E-state index contributed by atoms with van der Waals surface area (Å²) in [6.07, 6.45) is 1.25. The van der Waals surface area contributed by atoms with Gasteiger partial charge in [0.1, 0.15) is 0 Å². The third-order valence-electron chi connectivity index (χ3n) is 2.10.